The smallest absolute Gasteiger partial charge is 0.268 e. The van der Waals surface area contributed by atoms with Crippen LogP contribution in [0.2, 0.25) is 0 Å². The van der Waals surface area contributed by atoms with Crippen molar-refractivity contribution in [1.29, 1.82) is 0 Å². The monoisotopic (exact) mass is 386 g/mol. The van der Waals surface area contributed by atoms with Gasteiger partial charge in [0.15, 0.2) is 17.1 Å². The molecule has 0 radical (unpaired) electrons. The van der Waals surface area contributed by atoms with Gasteiger partial charge in [-0.05, 0) is 44.2 Å². The number of hydrogen-bond acceptors (Lipinski definition) is 6. The number of methoxy groups -OCH3 is 3. The van der Waals surface area contributed by atoms with E-state index in [1.165, 1.54) is 21.3 Å². The molecule has 2 aromatic carbocycles. The van der Waals surface area contributed by atoms with Gasteiger partial charge < -0.3 is 29.6 Å². The Labute approximate surface area is 162 Å². The summed E-state index contributed by atoms with van der Waals surface area (Å²) < 4.78 is 21.5. The van der Waals surface area contributed by atoms with Crippen molar-refractivity contribution < 1.29 is 28.5 Å². The fraction of sp³-hybridized carbons (Fsp3) is 0.300. The van der Waals surface area contributed by atoms with Crippen molar-refractivity contribution in [2.24, 2.45) is 0 Å². The van der Waals surface area contributed by atoms with Crippen LogP contribution in [-0.4, -0.2) is 38.7 Å². The molecule has 0 saturated carbocycles. The number of rotatable bonds is 5. The van der Waals surface area contributed by atoms with E-state index in [0.29, 0.717) is 39.9 Å². The van der Waals surface area contributed by atoms with E-state index in [1.807, 2.05) is 0 Å². The molecule has 28 heavy (non-hydrogen) atoms. The van der Waals surface area contributed by atoms with Crippen molar-refractivity contribution in [3.8, 4) is 23.0 Å². The van der Waals surface area contributed by atoms with Crippen molar-refractivity contribution in [3.05, 3.63) is 35.9 Å². The molecule has 0 bridgehead atoms. The summed E-state index contributed by atoms with van der Waals surface area (Å²) in [6.45, 7) is 3.37. The zero-order valence-corrected chi connectivity index (χ0v) is 16.3. The average molecular weight is 386 g/mol. The average Bonchev–Trinajstić information content (AvgIpc) is 2.67. The molecule has 3 rings (SSSR count). The Bertz CT molecular complexity index is 913. The highest BCUT2D eigenvalue weighted by atomic mass is 16.5. The van der Waals surface area contributed by atoms with Gasteiger partial charge in [0, 0.05) is 11.3 Å². The molecule has 0 saturated heterocycles. The minimum Gasteiger partial charge on any atom is -0.493 e. The molecule has 0 atom stereocenters. The molecule has 0 aliphatic carbocycles. The highest BCUT2D eigenvalue weighted by molar-refractivity contribution is 6.06. The maximum absolute atomic E-state index is 12.7. The molecule has 0 unspecified atom stereocenters. The molecular weight excluding hydrogens is 364 g/mol. The van der Waals surface area contributed by atoms with Crippen LogP contribution in [0.5, 0.6) is 23.0 Å². The molecule has 2 N–H and O–H groups in total. The minimum absolute atomic E-state index is 0.256. The molecule has 0 spiro atoms. The van der Waals surface area contributed by atoms with Crippen LogP contribution in [0.15, 0.2) is 30.3 Å². The Balaban J connectivity index is 1.86. The third-order valence-corrected chi connectivity index (χ3v) is 4.32. The Kier molecular flexibility index (Phi) is 5.04. The summed E-state index contributed by atoms with van der Waals surface area (Å²) in [6.07, 6.45) is 0. The van der Waals surface area contributed by atoms with Gasteiger partial charge in [-0.1, -0.05) is 0 Å². The predicted octanol–water partition coefficient (Wildman–Crippen LogP) is 3.07. The molecular formula is C20H22N2O6. The minimum atomic E-state index is -0.950. The Morgan fingerprint density at radius 1 is 1.04 bits per heavy atom. The van der Waals surface area contributed by atoms with Crippen LogP contribution in [0.25, 0.3) is 0 Å². The van der Waals surface area contributed by atoms with Gasteiger partial charge >= 0.3 is 0 Å². The fourth-order valence-corrected chi connectivity index (χ4v) is 2.80. The van der Waals surface area contributed by atoms with Crippen molar-refractivity contribution in [2.75, 3.05) is 32.0 Å². The zero-order valence-electron chi connectivity index (χ0n) is 16.3. The van der Waals surface area contributed by atoms with E-state index in [2.05, 4.69) is 10.6 Å². The molecule has 1 heterocycles. The maximum Gasteiger partial charge on any atom is 0.268 e. The number of carbonyl (C=O) groups excluding carboxylic acids is 2. The van der Waals surface area contributed by atoms with Crippen LogP contribution >= 0.6 is 0 Å². The lowest BCUT2D eigenvalue weighted by atomic mass is 10.1. The van der Waals surface area contributed by atoms with Gasteiger partial charge in [-0.2, -0.15) is 0 Å². The molecule has 2 aromatic rings. The summed E-state index contributed by atoms with van der Waals surface area (Å²) in [5.74, 6) is 1.06. The summed E-state index contributed by atoms with van der Waals surface area (Å²) in [7, 11) is 4.45. The summed E-state index contributed by atoms with van der Waals surface area (Å²) in [6, 6.07) is 8.15. The lowest BCUT2D eigenvalue weighted by Crippen LogP contribution is -2.45. The Hall–Kier alpha value is -3.42. The summed E-state index contributed by atoms with van der Waals surface area (Å²) in [4.78, 5) is 24.8. The van der Waals surface area contributed by atoms with E-state index < -0.39 is 5.60 Å². The normalized spacial score (nSPS) is 14.2. The lowest BCUT2D eigenvalue weighted by molar-refractivity contribution is -0.129. The second-order valence-corrected chi connectivity index (χ2v) is 6.65. The lowest BCUT2D eigenvalue weighted by Gasteiger charge is -2.31. The number of anilines is 2. The number of benzene rings is 2. The molecule has 2 amide bonds. The van der Waals surface area contributed by atoms with Gasteiger partial charge in [-0.25, -0.2) is 0 Å². The standard InChI is InChI=1S/C20H22N2O6/c1-20(2)19(24)22-13-10-12(6-7-14(13)28-20)21-18(23)11-8-15(25-3)17(27-5)16(9-11)26-4/h6-10H,1-5H3,(H,21,23)(H,22,24). The third kappa shape index (κ3) is 3.53. The topological polar surface area (TPSA) is 95.1 Å². The van der Waals surface area contributed by atoms with Crippen molar-refractivity contribution in [2.45, 2.75) is 19.4 Å². The molecule has 0 fully saturated rings. The molecule has 1 aliphatic rings. The summed E-state index contributed by atoms with van der Waals surface area (Å²) in [5.41, 5.74) is 0.371. The first-order chi connectivity index (χ1) is 13.3. The highest BCUT2D eigenvalue weighted by Gasteiger charge is 2.35. The van der Waals surface area contributed by atoms with E-state index >= 15 is 0 Å². The molecule has 8 nitrogen and oxygen atoms in total. The van der Waals surface area contributed by atoms with E-state index in [4.69, 9.17) is 18.9 Å². The number of amides is 2. The predicted molar refractivity (Wildman–Crippen MR) is 104 cm³/mol. The van der Waals surface area contributed by atoms with Crippen LogP contribution in [0.4, 0.5) is 11.4 Å². The number of ether oxygens (including phenoxy) is 4. The van der Waals surface area contributed by atoms with Gasteiger partial charge in [0.2, 0.25) is 5.75 Å². The molecule has 1 aliphatic heterocycles. The number of carbonyl (C=O) groups is 2. The Morgan fingerprint density at radius 2 is 1.68 bits per heavy atom. The summed E-state index contributed by atoms with van der Waals surface area (Å²) in [5, 5.41) is 5.57. The number of hydrogen-bond donors (Lipinski definition) is 2. The second kappa shape index (κ2) is 7.30. The first kappa shape index (κ1) is 19.3. The molecule has 148 valence electrons. The zero-order chi connectivity index (χ0) is 20.5. The second-order valence-electron chi connectivity index (χ2n) is 6.65. The van der Waals surface area contributed by atoms with E-state index in [1.54, 1.807) is 44.2 Å². The molecule has 0 aromatic heterocycles. The van der Waals surface area contributed by atoms with Gasteiger partial charge in [0.05, 0.1) is 27.0 Å². The van der Waals surface area contributed by atoms with Crippen LogP contribution < -0.4 is 29.6 Å². The number of nitrogens with one attached hydrogen (secondary N) is 2. The highest BCUT2D eigenvalue weighted by Crippen LogP contribution is 2.39. The third-order valence-electron chi connectivity index (χ3n) is 4.32. The van der Waals surface area contributed by atoms with Crippen molar-refractivity contribution in [1.82, 2.24) is 0 Å². The largest absolute Gasteiger partial charge is 0.493 e. The quantitative estimate of drug-likeness (QED) is 0.820. The van der Waals surface area contributed by atoms with E-state index in [-0.39, 0.29) is 11.8 Å². The van der Waals surface area contributed by atoms with Crippen LogP contribution in [0.1, 0.15) is 24.2 Å². The van der Waals surface area contributed by atoms with Gasteiger partial charge in [-0.3, -0.25) is 9.59 Å². The SMILES string of the molecule is COc1cc(C(=O)Nc2ccc3c(c2)NC(=O)C(C)(C)O3)cc(OC)c1OC. The Morgan fingerprint density at radius 3 is 2.25 bits per heavy atom. The summed E-state index contributed by atoms with van der Waals surface area (Å²) >= 11 is 0. The van der Waals surface area contributed by atoms with Crippen molar-refractivity contribution in [3.63, 3.8) is 0 Å². The van der Waals surface area contributed by atoms with Crippen LogP contribution in [-0.2, 0) is 4.79 Å². The van der Waals surface area contributed by atoms with Crippen LogP contribution in [0.3, 0.4) is 0 Å². The van der Waals surface area contributed by atoms with Crippen LogP contribution in [0, 0.1) is 0 Å². The van der Waals surface area contributed by atoms with E-state index in [9.17, 15) is 9.59 Å². The van der Waals surface area contributed by atoms with E-state index in [0.717, 1.165) is 0 Å². The fourth-order valence-electron chi connectivity index (χ4n) is 2.80. The first-order valence-electron chi connectivity index (χ1n) is 8.55. The maximum atomic E-state index is 12.7. The van der Waals surface area contributed by atoms with Gasteiger partial charge in [0.1, 0.15) is 5.75 Å². The van der Waals surface area contributed by atoms with Crippen molar-refractivity contribution >= 4 is 23.2 Å². The van der Waals surface area contributed by atoms with Gasteiger partial charge in [-0.15, -0.1) is 0 Å². The first-order valence-corrected chi connectivity index (χ1v) is 8.55. The number of fused-ring (bicyclic) bond motifs is 1. The molecule has 8 heteroatoms. The van der Waals surface area contributed by atoms with Gasteiger partial charge in [0.25, 0.3) is 11.8 Å².